The van der Waals surface area contributed by atoms with Gasteiger partial charge in [-0.3, -0.25) is 0 Å². The van der Waals surface area contributed by atoms with E-state index in [2.05, 4.69) is 0 Å². The van der Waals surface area contributed by atoms with Crippen molar-refractivity contribution >= 4 is 9.84 Å². The Balaban J connectivity index is 2.30. The third kappa shape index (κ3) is 2.93. The molecule has 0 unspecified atom stereocenters. The van der Waals surface area contributed by atoms with Gasteiger partial charge >= 0.3 is 0 Å². The minimum absolute atomic E-state index is 0.0927. The monoisotopic (exact) mass is 313 g/mol. The van der Waals surface area contributed by atoms with Gasteiger partial charge in [-0.2, -0.15) is 0 Å². The standard InChI is InChI=1S/C15H23NO4S/c1-4-20-10-15(16)13(14(15)21(17,18)5-2)11-6-8-12(19-3)9-7-11/h6-9,13-14H,4-5,10,16H2,1-3H3/t13-,14+,15-/m1/s1. The molecule has 1 aliphatic carbocycles. The second-order valence-electron chi connectivity index (χ2n) is 5.37. The molecule has 0 spiro atoms. The Kier molecular flexibility index (Phi) is 4.60. The summed E-state index contributed by atoms with van der Waals surface area (Å²) in [5, 5.41) is -0.574. The number of hydrogen-bond acceptors (Lipinski definition) is 5. The summed E-state index contributed by atoms with van der Waals surface area (Å²) < 4.78 is 35.1. The van der Waals surface area contributed by atoms with Crippen LogP contribution in [0.4, 0.5) is 0 Å². The van der Waals surface area contributed by atoms with Crippen LogP contribution in [0.1, 0.15) is 25.3 Å². The summed E-state index contributed by atoms with van der Waals surface area (Å²) in [5.74, 6) is 0.608. The van der Waals surface area contributed by atoms with Crippen molar-refractivity contribution in [3.63, 3.8) is 0 Å². The van der Waals surface area contributed by atoms with Crippen molar-refractivity contribution in [2.24, 2.45) is 5.73 Å². The van der Waals surface area contributed by atoms with E-state index in [0.717, 1.165) is 11.3 Å². The largest absolute Gasteiger partial charge is 0.497 e. The van der Waals surface area contributed by atoms with E-state index in [0.29, 0.717) is 6.61 Å². The molecule has 2 N–H and O–H groups in total. The molecule has 1 aromatic rings. The highest BCUT2D eigenvalue weighted by molar-refractivity contribution is 7.92. The molecule has 0 radical (unpaired) electrons. The third-order valence-corrected chi connectivity index (χ3v) is 6.41. The molecule has 5 nitrogen and oxygen atoms in total. The van der Waals surface area contributed by atoms with Gasteiger partial charge in [0.25, 0.3) is 0 Å². The predicted octanol–water partition coefficient (Wildman–Crippen LogP) is 1.33. The second kappa shape index (κ2) is 5.94. The Hall–Kier alpha value is -1.11. The van der Waals surface area contributed by atoms with Gasteiger partial charge in [0.15, 0.2) is 9.84 Å². The molecular weight excluding hydrogens is 290 g/mol. The van der Waals surface area contributed by atoms with E-state index in [1.807, 2.05) is 31.2 Å². The summed E-state index contributed by atoms with van der Waals surface area (Å²) in [7, 11) is -1.62. The van der Waals surface area contributed by atoms with E-state index in [-0.39, 0.29) is 18.3 Å². The van der Waals surface area contributed by atoms with Crippen LogP contribution < -0.4 is 10.5 Å². The van der Waals surface area contributed by atoms with Gasteiger partial charge in [-0.05, 0) is 24.6 Å². The van der Waals surface area contributed by atoms with Crippen LogP contribution in [-0.4, -0.2) is 45.3 Å². The molecule has 1 saturated carbocycles. The normalized spacial score (nSPS) is 28.4. The zero-order valence-electron chi connectivity index (χ0n) is 12.7. The van der Waals surface area contributed by atoms with Crippen LogP contribution in [0.5, 0.6) is 5.75 Å². The molecule has 1 aliphatic rings. The van der Waals surface area contributed by atoms with Crippen LogP contribution >= 0.6 is 0 Å². The lowest BCUT2D eigenvalue weighted by atomic mass is 10.1. The first-order valence-corrected chi connectivity index (χ1v) is 8.84. The molecule has 0 amide bonds. The van der Waals surface area contributed by atoms with Crippen LogP contribution in [0.3, 0.4) is 0 Å². The van der Waals surface area contributed by atoms with Crippen molar-refractivity contribution in [1.82, 2.24) is 0 Å². The van der Waals surface area contributed by atoms with Crippen LogP contribution in [0, 0.1) is 0 Å². The smallest absolute Gasteiger partial charge is 0.155 e. The first-order chi connectivity index (χ1) is 9.90. The fourth-order valence-electron chi connectivity index (χ4n) is 2.89. The molecule has 0 heterocycles. The van der Waals surface area contributed by atoms with Gasteiger partial charge in [-0.25, -0.2) is 8.42 Å². The fourth-order valence-corrected chi connectivity index (χ4v) is 4.88. The SMILES string of the molecule is CCOC[C@@]1(N)[C@H](c2ccc(OC)cc2)[C@@H]1S(=O)(=O)CC. The van der Waals surface area contributed by atoms with Crippen molar-refractivity contribution in [3.8, 4) is 5.75 Å². The molecule has 21 heavy (non-hydrogen) atoms. The molecule has 2 rings (SSSR count). The highest BCUT2D eigenvalue weighted by Crippen LogP contribution is 2.54. The first-order valence-electron chi connectivity index (χ1n) is 7.12. The highest BCUT2D eigenvalue weighted by Gasteiger charge is 2.68. The molecule has 118 valence electrons. The molecule has 0 aromatic heterocycles. The second-order valence-corrected chi connectivity index (χ2v) is 7.78. The topological polar surface area (TPSA) is 78.6 Å². The van der Waals surface area contributed by atoms with E-state index in [1.165, 1.54) is 0 Å². The highest BCUT2D eigenvalue weighted by atomic mass is 32.2. The Morgan fingerprint density at radius 3 is 2.33 bits per heavy atom. The average Bonchev–Trinajstić information content (AvgIpc) is 3.12. The van der Waals surface area contributed by atoms with Gasteiger partial charge < -0.3 is 15.2 Å². The van der Waals surface area contributed by atoms with Crippen molar-refractivity contribution in [2.75, 3.05) is 26.1 Å². The number of hydrogen-bond donors (Lipinski definition) is 1. The molecule has 0 bridgehead atoms. The fraction of sp³-hybridized carbons (Fsp3) is 0.600. The average molecular weight is 313 g/mol. The quantitative estimate of drug-likeness (QED) is 0.821. The molecule has 6 heteroatoms. The van der Waals surface area contributed by atoms with E-state index >= 15 is 0 Å². The van der Waals surface area contributed by atoms with Gasteiger partial charge in [0.1, 0.15) is 5.75 Å². The zero-order chi connectivity index (χ0) is 15.7. The lowest BCUT2D eigenvalue weighted by molar-refractivity contribution is 0.125. The van der Waals surface area contributed by atoms with Crippen molar-refractivity contribution in [3.05, 3.63) is 29.8 Å². The van der Waals surface area contributed by atoms with Crippen LogP contribution in [0.2, 0.25) is 0 Å². The maximum atomic E-state index is 12.3. The van der Waals surface area contributed by atoms with Crippen LogP contribution in [-0.2, 0) is 14.6 Å². The summed E-state index contributed by atoms with van der Waals surface area (Å²) in [6.45, 7) is 4.30. The lowest BCUT2D eigenvalue weighted by Crippen LogP contribution is -2.36. The molecular formula is C15H23NO4S. The molecule has 0 aliphatic heterocycles. The van der Waals surface area contributed by atoms with Gasteiger partial charge in [0.05, 0.1) is 24.5 Å². The number of nitrogens with two attached hydrogens (primary N) is 1. The minimum Gasteiger partial charge on any atom is -0.497 e. The summed E-state index contributed by atoms with van der Waals surface area (Å²) in [6.07, 6.45) is 0. The van der Waals surface area contributed by atoms with Gasteiger partial charge in [-0.1, -0.05) is 19.1 Å². The first kappa shape index (κ1) is 16.3. The number of ether oxygens (including phenoxy) is 2. The number of methoxy groups -OCH3 is 1. The Morgan fingerprint density at radius 1 is 1.24 bits per heavy atom. The van der Waals surface area contributed by atoms with E-state index in [9.17, 15) is 8.42 Å². The van der Waals surface area contributed by atoms with Crippen molar-refractivity contribution < 1.29 is 17.9 Å². The summed E-state index contributed by atoms with van der Waals surface area (Å²) in [6, 6.07) is 7.40. The Labute approximate surface area is 126 Å². The molecule has 0 saturated heterocycles. The Morgan fingerprint density at radius 2 is 1.86 bits per heavy atom. The van der Waals surface area contributed by atoms with Gasteiger partial charge in [0.2, 0.25) is 0 Å². The minimum atomic E-state index is -3.21. The van der Waals surface area contributed by atoms with E-state index in [1.54, 1.807) is 14.0 Å². The van der Waals surface area contributed by atoms with E-state index < -0.39 is 20.6 Å². The summed E-state index contributed by atoms with van der Waals surface area (Å²) >= 11 is 0. The number of sulfone groups is 1. The van der Waals surface area contributed by atoms with Gasteiger partial charge in [0, 0.05) is 18.3 Å². The molecule has 1 aromatic carbocycles. The molecule has 3 atom stereocenters. The predicted molar refractivity (Wildman–Crippen MR) is 82.4 cm³/mol. The van der Waals surface area contributed by atoms with Crippen LogP contribution in [0.25, 0.3) is 0 Å². The van der Waals surface area contributed by atoms with E-state index in [4.69, 9.17) is 15.2 Å². The summed E-state index contributed by atoms with van der Waals surface area (Å²) in [4.78, 5) is 0. The zero-order valence-corrected chi connectivity index (χ0v) is 13.5. The van der Waals surface area contributed by atoms with Crippen LogP contribution in [0.15, 0.2) is 24.3 Å². The van der Waals surface area contributed by atoms with Crippen molar-refractivity contribution in [1.29, 1.82) is 0 Å². The number of benzene rings is 1. The maximum Gasteiger partial charge on any atom is 0.155 e. The van der Waals surface area contributed by atoms with Crippen molar-refractivity contribution in [2.45, 2.75) is 30.6 Å². The third-order valence-electron chi connectivity index (χ3n) is 4.12. The maximum absolute atomic E-state index is 12.3. The van der Waals surface area contributed by atoms with Gasteiger partial charge in [-0.15, -0.1) is 0 Å². The summed E-state index contributed by atoms with van der Waals surface area (Å²) in [5.41, 5.74) is 6.43. The Bertz CT molecular complexity index is 584. The number of rotatable bonds is 7. The lowest BCUT2D eigenvalue weighted by Gasteiger charge is -2.12. The molecule has 1 fully saturated rings.